The van der Waals surface area contributed by atoms with Gasteiger partial charge in [-0.1, -0.05) is 19.1 Å². The summed E-state index contributed by atoms with van der Waals surface area (Å²) in [7, 11) is -1.86. The van der Waals surface area contributed by atoms with Crippen molar-refractivity contribution in [2.24, 2.45) is 0 Å². The number of carbonyl (C=O) groups is 1. The van der Waals surface area contributed by atoms with E-state index >= 15 is 0 Å². The molecule has 1 saturated heterocycles. The van der Waals surface area contributed by atoms with Crippen LogP contribution in [0.1, 0.15) is 22.8 Å². The molecule has 29 heavy (non-hydrogen) atoms. The monoisotopic (exact) mass is 417 g/mol. The largest absolute Gasteiger partial charge is 0.497 e. The predicted molar refractivity (Wildman–Crippen MR) is 111 cm³/mol. The van der Waals surface area contributed by atoms with Gasteiger partial charge in [0.1, 0.15) is 5.75 Å². The van der Waals surface area contributed by atoms with Crippen LogP contribution in [0, 0.1) is 0 Å². The Morgan fingerprint density at radius 1 is 1.00 bits per heavy atom. The molecule has 156 valence electrons. The molecule has 0 atom stereocenters. The molecule has 0 bridgehead atoms. The summed E-state index contributed by atoms with van der Waals surface area (Å²) in [6.45, 7) is 5.77. The van der Waals surface area contributed by atoms with Crippen LogP contribution in [-0.2, 0) is 16.6 Å². The van der Waals surface area contributed by atoms with Crippen LogP contribution in [0.2, 0.25) is 0 Å². The lowest BCUT2D eigenvalue weighted by Crippen LogP contribution is -2.48. The fourth-order valence-electron chi connectivity index (χ4n) is 3.33. The van der Waals surface area contributed by atoms with Crippen LogP contribution in [0.25, 0.3) is 0 Å². The van der Waals surface area contributed by atoms with E-state index in [0.29, 0.717) is 25.2 Å². The van der Waals surface area contributed by atoms with E-state index in [4.69, 9.17) is 4.74 Å². The Kier molecular flexibility index (Phi) is 6.89. The molecule has 2 aromatic carbocycles. The highest BCUT2D eigenvalue weighted by Gasteiger charge is 2.23. The highest BCUT2D eigenvalue weighted by molar-refractivity contribution is 7.89. The van der Waals surface area contributed by atoms with E-state index in [0.717, 1.165) is 25.4 Å². The molecule has 1 N–H and O–H groups in total. The minimum atomic E-state index is -3.51. The third kappa shape index (κ3) is 5.35. The number of hydrogen-bond acceptors (Lipinski definition) is 5. The number of nitrogens with one attached hydrogen (secondary N) is 1. The highest BCUT2D eigenvalue weighted by atomic mass is 32.2. The molecule has 2 aromatic rings. The lowest BCUT2D eigenvalue weighted by molar-refractivity contribution is 0.0628. The maximum absolute atomic E-state index is 12.8. The van der Waals surface area contributed by atoms with Gasteiger partial charge in [-0.15, -0.1) is 0 Å². The van der Waals surface area contributed by atoms with Gasteiger partial charge in [0.05, 0.1) is 12.0 Å². The Morgan fingerprint density at radius 2 is 1.62 bits per heavy atom. The van der Waals surface area contributed by atoms with E-state index in [-0.39, 0.29) is 10.8 Å². The number of piperazine rings is 1. The van der Waals surface area contributed by atoms with Gasteiger partial charge in [-0.25, -0.2) is 13.1 Å². The van der Waals surface area contributed by atoms with Crippen LogP contribution >= 0.6 is 0 Å². The minimum Gasteiger partial charge on any atom is -0.497 e. The topological polar surface area (TPSA) is 79.0 Å². The Balaban J connectivity index is 1.55. The number of benzene rings is 2. The second-order valence-electron chi connectivity index (χ2n) is 6.94. The molecule has 1 aliphatic heterocycles. The molecular weight excluding hydrogens is 390 g/mol. The summed E-state index contributed by atoms with van der Waals surface area (Å²) >= 11 is 0. The van der Waals surface area contributed by atoms with E-state index in [9.17, 15) is 13.2 Å². The van der Waals surface area contributed by atoms with Crippen LogP contribution in [0.4, 0.5) is 0 Å². The number of carbonyl (C=O) groups excluding carboxylic acids is 1. The number of methoxy groups -OCH3 is 1. The second-order valence-corrected chi connectivity index (χ2v) is 8.71. The van der Waals surface area contributed by atoms with Crippen molar-refractivity contribution >= 4 is 15.9 Å². The van der Waals surface area contributed by atoms with Crippen LogP contribution < -0.4 is 9.46 Å². The van der Waals surface area contributed by atoms with Crippen molar-refractivity contribution in [2.45, 2.75) is 18.4 Å². The normalized spacial score (nSPS) is 15.3. The summed E-state index contributed by atoms with van der Waals surface area (Å²) in [5, 5.41) is 0. The van der Waals surface area contributed by atoms with Gasteiger partial charge in [0, 0.05) is 44.8 Å². The van der Waals surface area contributed by atoms with E-state index in [2.05, 4.69) is 21.8 Å². The summed E-state index contributed by atoms with van der Waals surface area (Å²) < 4.78 is 31.7. The summed E-state index contributed by atoms with van der Waals surface area (Å²) in [5.74, 6) is 0.773. The van der Waals surface area contributed by atoms with Crippen molar-refractivity contribution in [3.8, 4) is 5.75 Å². The van der Waals surface area contributed by atoms with Crippen molar-refractivity contribution in [3.63, 3.8) is 0 Å². The van der Waals surface area contributed by atoms with Gasteiger partial charge in [-0.05, 0) is 42.0 Å². The zero-order valence-corrected chi connectivity index (χ0v) is 17.6. The first-order valence-corrected chi connectivity index (χ1v) is 11.2. The SMILES string of the molecule is CCNS(=O)(=O)c1ccc(C(=O)N2CCN(Cc3ccc(OC)cc3)CC2)cc1. The van der Waals surface area contributed by atoms with Gasteiger partial charge < -0.3 is 9.64 Å². The minimum absolute atomic E-state index is 0.0681. The zero-order valence-electron chi connectivity index (χ0n) is 16.8. The molecule has 0 aromatic heterocycles. The first-order valence-electron chi connectivity index (χ1n) is 9.67. The molecular formula is C21H27N3O4S. The van der Waals surface area contributed by atoms with Crippen molar-refractivity contribution in [2.75, 3.05) is 39.8 Å². The average Bonchev–Trinajstić information content (AvgIpc) is 2.74. The summed E-state index contributed by atoms with van der Waals surface area (Å²) in [5.41, 5.74) is 1.71. The van der Waals surface area contributed by atoms with Crippen LogP contribution in [0.5, 0.6) is 5.75 Å². The molecule has 1 heterocycles. The molecule has 0 unspecified atom stereocenters. The van der Waals surface area contributed by atoms with Gasteiger partial charge in [0.2, 0.25) is 10.0 Å². The Labute approximate surface area is 172 Å². The van der Waals surface area contributed by atoms with Crippen LogP contribution in [0.3, 0.4) is 0 Å². The number of ether oxygens (including phenoxy) is 1. The van der Waals surface area contributed by atoms with Crippen molar-refractivity contribution < 1.29 is 17.9 Å². The molecule has 7 nitrogen and oxygen atoms in total. The molecule has 1 fully saturated rings. The number of nitrogens with zero attached hydrogens (tertiary/aromatic N) is 2. The average molecular weight is 418 g/mol. The quantitative estimate of drug-likeness (QED) is 0.745. The summed E-state index contributed by atoms with van der Waals surface area (Å²) in [6.07, 6.45) is 0. The summed E-state index contributed by atoms with van der Waals surface area (Å²) in [4.78, 5) is 17.1. The first-order chi connectivity index (χ1) is 13.9. The molecule has 0 aliphatic carbocycles. The van der Waals surface area contributed by atoms with Crippen molar-refractivity contribution in [1.29, 1.82) is 0 Å². The second kappa shape index (κ2) is 9.39. The predicted octanol–water partition coefficient (Wildman–Crippen LogP) is 1.95. The number of hydrogen-bond donors (Lipinski definition) is 1. The Bertz CT molecular complexity index is 919. The van der Waals surface area contributed by atoms with E-state index in [1.54, 1.807) is 26.2 Å². The fraction of sp³-hybridized carbons (Fsp3) is 0.381. The first kappa shape index (κ1) is 21.3. The standard InChI is InChI=1S/C21H27N3O4S/c1-3-22-29(26,27)20-10-6-18(7-11-20)21(25)24-14-12-23(13-15-24)16-17-4-8-19(28-2)9-5-17/h4-11,22H,3,12-16H2,1-2H3. The molecule has 8 heteroatoms. The fourth-order valence-corrected chi connectivity index (χ4v) is 4.37. The van der Waals surface area contributed by atoms with E-state index in [1.165, 1.54) is 17.7 Å². The van der Waals surface area contributed by atoms with E-state index < -0.39 is 10.0 Å². The number of amides is 1. The van der Waals surface area contributed by atoms with Crippen molar-refractivity contribution in [3.05, 3.63) is 59.7 Å². The number of rotatable bonds is 7. The van der Waals surface area contributed by atoms with Gasteiger partial charge in [0.15, 0.2) is 0 Å². The molecule has 0 spiro atoms. The maximum Gasteiger partial charge on any atom is 0.253 e. The third-order valence-electron chi connectivity index (χ3n) is 4.97. The van der Waals surface area contributed by atoms with E-state index in [1.807, 2.05) is 17.0 Å². The lowest BCUT2D eigenvalue weighted by atomic mass is 10.1. The third-order valence-corrected chi connectivity index (χ3v) is 6.53. The molecule has 1 aliphatic rings. The number of sulfonamides is 1. The Morgan fingerprint density at radius 3 is 2.17 bits per heavy atom. The lowest BCUT2D eigenvalue weighted by Gasteiger charge is -2.34. The molecule has 0 radical (unpaired) electrons. The molecule has 0 saturated carbocycles. The molecule has 3 rings (SSSR count). The van der Waals surface area contributed by atoms with Gasteiger partial charge in [-0.2, -0.15) is 0 Å². The summed E-state index contributed by atoms with van der Waals surface area (Å²) in [6, 6.07) is 14.1. The van der Waals surface area contributed by atoms with Crippen LogP contribution in [-0.4, -0.2) is 64.0 Å². The molecule has 1 amide bonds. The zero-order chi connectivity index (χ0) is 20.9. The highest BCUT2D eigenvalue weighted by Crippen LogP contribution is 2.16. The smallest absolute Gasteiger partial charge is 0.253 e. The van der Waals surface area contributed by atoms with Gasteiger partial charge >= 0.3 is 0 Å². The maximum atomic E-state index is 12.8. The van der Waals surface area contributed by atoms with Gasteiger partial charge in [-0.3, -0.25) is 9.69 Å². The Hall–Kier alpha value is -2.42. The van der Waals surface area contributed by atoms with Crippen molar-refractivity contribution in [1.82, 2.24) is 14.5 Å². The van der Waals surface area contributed by atoms with Crippen LogP contribution in [0.15, 0.2) is 53.4 Å². The van der Waals surface area contributed by atoms with Gasteiger partial charge in [0.25, 0.3) is 5.91 Å².